The molecule has 0 saturated heterocycles. The second-order valence-corrected chi connectivity index (χ2v) is 8.47. The molecule has 162 valence electrons. The number of rotatable bonds is 7. The first-order chi connectivity index (χ1) is 15.5. The fraction of sp³-hybridized carbons (Fsp3) is 0.160. The Morgan fingerprint density at radius 1 is 0.906 bits per heavy atom. The molecule has 4 rings (SSSR count). The Hall–Kier alpha value is -3.20. The second kappa shape index (κ2) is 9.52. The zero-order valence-electron chi connectivity index (χ0n) is 17.3. The minimum Gasteiger partial charge on any atom is -0.488 e. The fourth-order valence-electron chi connectivity index (χ4n) is 3.65. The summed E-state index contributed by atoms with van der Waals surface area (Å²) in [5.74, 6) is -0.899. The number of carbonyl (C=O) groups is 3. The summed E-state index contributed by atoms with van der Waals surface area (Å²) in [4.78, 5) is 39.3. The maximum Gasteiger partial charge on any atom is 0.329 e. The van der Waals surface area contributed by atoms with Crippen LogP contribution in [0, 0.1) is 3.57 Å². The number of fused-ring (bicyclic) bond motifs is 1. The van der Waals surface area contributed by atoms with Gasteiger partial charge in [-0.05, 0) is 58.0 Å². The van der Waals surface area contributed by atoms with Crippen LogP contribution in [-0.4, -0.2) is 35.8 Å². The van der Waals surface area contributed by atoms with Gasteiger partial charge in [-0.1, -0.05) is 48.5 Å². The van der Waals surface area contributed by atoms with Gasteiger partial charge >= 0.3 is 5.97 Å². The van der Waals surface area contributed by atoms with Crippen LogP contribution in [0.1, 0.15) is 31.8 Å². The third-order valence-electron chi connectivity index (χ3n) is 5.27. The Balaban J connectivity index is 1.54. The van der Waals surface area contributed by atoms with Gasteiger partial charge in [0.05, 0.1) is 21.8 Å². The summed E-state index contributed by atoms with van der Waals surface area (Å²) in [6.45, 7) is 0.440. The first kappa shape index (κ1) is 22.0. The van der Waals surface area contributed by atoms with Crippen LogP contribution in [-0.2, 0) is 22.6 Å². The minimum atomic E-state index is -1.06. The van der Waals surface area contributed by atoms with Crippen LogP contribution < -0.4 is 4.74 Å². The smallest absolute Gasteiger partial charge is 0.329 e. The van der Waals surface area contributed by atoms with Gasteiger partial charge in [0.15, 0.2) is 0 Å². The molecule has 3 aromatic carbocycles. The van der Waals surface area contributed by atoms with Crippen molar-refractivity contribution in [3.8, 4) is 5.75 Å². The number of esters is 1. The molecule has 3 aromatic rings. The normalized spacial score (nSPS) is 13.6. The van der Waals surface area contributed by atoms with Crippen molar-refractivity contribution in [2.45, 2.75) is 19.1 Å². The van der Waals surface area contributed by atoms with Gasteiger partial charge in [-0.15, -0.1) is 0 Å². The molecule has 1 aliphatic rings. The van der Waals surface area contributed by atoms with E-state index in [0.29, 0.717) is 23.5 Å². The Bertz CT molecular complexity index is 1140. The zero-order valence-corrected chi connectivity index (χ0v) is 19.4. The van der Waals surface area contributed by atoms with E-state index in [1.165, 1.54) is 7.11 Å². The molecule has 1 aliphatic heterocycles. The molecule has 2 amide bonds. The Morgan fingerprint density at radius 2 is 1.53 bits per heavy atom. The van der Waals surface area contributed by atoms with E-state index in [-0.39, 0.29) is 6.42 Å². The van der Waals surface area contributed by atoms with Crippen molar-refractivity contribution in [3.63, 3.8) is 0 Å². The molecule has 7 heteroatoms. The van der Waals surface area contributed by atoms with Gasteiger partial charge in [-0.3, -0.25) is 14.5 Å². The molecule has 0 aromatic heterocycles. The number of ether oxygens (including phenoxy) is 2. The molecule has 32 heavy (non-hydrogen) atoms. The molecule has 0 spiro atoms. The molecule has 0 saturated carbocycles. The molecule has 0 fully saturated rings. The highest BCUT2D eigenvalue weighted by atomic mass is 127. The van der Waals surface area contributed by atoms with Crippen LogP contribution in [0.3, 0.4) is 0 Å². The lowest BCUT2D eigenvalue weighted by Gasteiger charge is -2.24. The topological polar surface area (TPSA) is 72.9 Å². The van der Waals surface area contributed by atoms with Crippen LogP contribution in [0.4, 0.5) is 0 Å². The number of benzene rings is 3. The number of carbonyl (C=O) groups excluding carboxylic acids is 3. The van der Waals surface area contributed by atoms with Crippen LogP contribution in [0.2, 0.25) is 0 Å². The number of methoxy groups -OCH3 is 1. The van der Waals surface area contributed by atoms with Crippen LogP contribution in [0.15, 0.2) is 72.8 Å². The van der Waals surface area contributed by atoms with Crippen molar-refractivity contribution in [3.05, 3.63) is 98.6 Å². The molecule has 0 aliphatic carbocycles. The first-order valence-electron chi connectivity index (χ1n) is 9.99. The van der Waals surface area contributed by atoms with E-state index in [0.717, 1.165) is 19.6 Å². The van der Waals surface area contributed by atoms with Crippen LogP contribution >= 0.6 is 22.6 Å². The van der Waals surface area contributed by atoms with Crippen LogP contribution in [0.5, 0.6) is 5.75 Å². The number of hydrogen-bond donors (Lipinski definition) is 0. The van der Waals surface area contributed by atoms with Gasteiger partial charge in [0.25, 0.3) is 11.8 Å². The maximum absolute atomic E-state index is 12.9. The summed E-state index contributed by atoms with van der Waals surface area (Å²) in [5, 5.41) is 0. The summed E-state index contributed by atoms with van der Waals surface area (Å²) in [6, 6.07) is 20.9. The average molecular weight is 541 g/mol. The van der Waals surface area contributed by atoms with Gasteiger partial charge in [0.1, 0.15) is 18.4 Å². The molecule has 0 bridgehead atoms. The zero-order chi connectivity index (χ0) is 22.7. The van der Waals surface area contributed by atoms with Gasteiger partial charge < -0.3 is 9.47 Å². The van der Waals surface area contributed by atoms with Gasteiger partial charge in [-0.2, -0.15) is 0 Å². The molecule has 1 atom stereocenters. The molecule has 1 heterocycles. The predicted octanol–water partition coefficient (Wildman–Crippen LogP) is 4.25. The average Bonchev–Trinajstić information content (AvgIpc) is 3.07. The van der Waals surface area contributed by atoms with Gasteiger partial charge in [-0.25, -0.2) is 4.79 Å². The summed E-state index contributed by atoms with van der Waals surface area (Å²) in [6.07, 6.45) is 0.146. The maximum atomic E-state index is 12.9. The third-order valence-corrected chi connectivity index (χ3v) is 6.12. The van der Waals surface area contributed by atoms with E-state index in [2.05, 4.69) is 22.6 Å². The summed E-state index contributed by atoms with van der Waals surface area (Å²) in [7, 11) is 1.25. The lowest BCUT2D eigenvalue weighted by Crippen LogP contribution is -2.46. The molecule has 6 nitrogen and oxygen atoms in total. The van der Waals surface area contributed by atoms with Gasteiger partial charge in [0, 0.05) is 6.42 Å². The van der Waals surface area contributed by atoms with Crippen molar-refractivity contribution < 1.29 is 23.9 Å². The van der Waals surface area contributed by atoms with E-state index in [1.54, 1.807) is 24.3 Å². The van der Waals surface area contributed by atoms with E-state index in [4.69, 9.17) is 9.47 Å². The Morgan fingerprint density at radius 3 is 2.12 bits per heavy atom. The Labute approximate surface area is 199 Å². The predicted molar refractivity (Wildman–Crippen MR) is 126 cm³/mol. The Kier molecular flexibility index (Phi) is 6.55. The summed E-state index contributed by atoms with van der Waals surface area (Å²) < 4.78 is 11.7. The van der Waals surface area contributed by atoms with E-state index < -0.39 is 23.8 Å². The van der Waals surface area contributed by atoms with Crippen molar-refractivity contribution in [2.24, 2.45) is 0 Å². The second-order valence-electron chi connectivity index (χ2n) is 7.31. The highest BCUT2D eigenvalue weighted by Crippen LogP contribution is 2.28. The van der Waals surface area contributed by atoms with E-state index in [1.807, 2.05) is 48.5 Å². The SMILES string of the molecule is COC(=O)[C@@H](Cc1ccc(OCc2ccccc2)c(I)c1)N1C(=O)c2ccccc2C1=O. The van der Waals surface area contributed by atoms with Crippen molar-refractivity contribution in [1.29, 1.82) is 0 Å². The minimum absolute atomic E-state index is 0.146. The lowest BCUT2D eigenvalue weighted by molar-refractivity contribution is -0.145. The van der Waals surface area contributed by atoms with Crippen molar-refractivity contribution >= 4 is 40.4 Å². The fourth-order valence-corrected chi connectivity index (χ4v) is 4.39. The lowest BCUT2D eigenvalue weighted by atomic mass is 10.0. The van der Waals surface area contributed by atoms with E-state index in [9.17, 15) is 14.4 Å². The summed E-state index contributed by atoms with van der Waals surface area (Å²) >= 11 is 2.17. The number of hydrogen-bond acceptors (Lipinski definition) is 5. The van der Waals surface area contributed by atoms with E-state index >= 15 is 0 Å². The highest BCUT2D eigenvalue weighted by Gasteiger charge is 2.43. The number of imide groups is 1. The molecular weight excluding hydrogens is 521 g/mol. The third kappa shape index (κ3) is 4.38. The van der Waals surface area contributed by atoms with Crippen molar-refractivity contribution in [1.82, 2.24) is 4.90 Å². The highest BCUT2D eigenvalue weighted by molar-refractivity contribution is 14.1. The van der Waals surface area contributed by atoms with Crippen LogP contribution in [0.25, 0.3) is 0 Å². The first-order valence-corrected chi connectivity index (χ1v) is 11.1. The van der Waals surface area contributed by atoms with Crippen molar-refractivity contribution in [2.75, 3.05) is 7.11 Å². The number of halogens is 1. The largest absolute Gasteiger partial charge is 0.488 e. The standard InChI is InChI=1S/C25H20INO5/c1-31-25(30)21(27-23(28)18-9-5-6-10-19(18)24(27)29)14-17-11-12-22(20(26)13-17)32-15-16-7-3-2-4-8-16/h2-13,21H,14-15H2,1H3/t21-/m1/s1. The molecule has 0 N–H and O–H groups in total. The van der Waals surface area contributed by atoms with Gasteiger partial charge in [0.2, 0.25) is 0 Å². The number of nitrogens with zero attached hydrogens (tertiary/aromatic N) is 1. The monoisotopic (exact) mass is 541 g/mol. The molecular formula is C25H20INO5. The quantitative estimate of drug-likeness (QED) is 0.254. The number of amides is 2. The molecule has 0 radical (unpaired) electrons. The molecule has 0 unspecified atom stereocenters. The summed E-state index contributed by atoms with van der Waals surface area (Å²) in [5.41, 5.74) is 2.44.